The van der Waals surface area contributed by atoms with Crippen molar-refractivity contribution in [1.82, 2.24) is 29.4 Å². The molecule has 2 aromatic rings. The van der Waals surface area contributed by atoms with Crippen molar-refractivity contribution < 1.29 is 9.72 Å². The van der Waals surface area contributed by atoms with Crippen molar-refractivity contribution in [3.8, 4) is 0 Å². The van der Waals surface area contributed by atoms with Gasteiger partial charge in [0.05, 0.1) is 10.6 Å². The van der Waals surface area contributed by atoms with Crippen molar-refractivity contribution in [3.05, 3.63) is 39.5 Å². The van der Waals surface area contributed by atoms with E-state index in [1.807, 2.05) is 20.2 Å². The summed E-state index contributed by atoms with van der Waals surface area (Å²) in [4.78, 5) is 27.0. The van der Waals surface area contributed by atoms with Gasteiger partial charge in [-0.25, -0.2) is 0 Å². The Morgan fingerprint density at radius 2 is 1.80 bits per heavy atom. The third-order valence-corrected chi connectivity index (χ3v) is 4.38. The van der Waals surface area contributed by atoms with Gasteiger partial charge in [0.1, 0.15) is 6.20 Å². The molecular formula is C15H21N7O3. The van der Waals surface area contributed by atoms with Gasteiger partial charge in [-0.05, 0) is 6.92 Å². The Morgan fingerprint density at radius 1 is 1.16 bits per heavy atom. The number of hydrogen-bond donors (Lipinski definition) is 0. The number of nitrogens with zero attached hydrogens (tertiary/aromatic N) is 7. The fourth-order valence-corrected chi connectivity index (χ4v) is 3.07. The van der Waals surface area contributed by atoms with Crippen molar-refractivity contribution in [3.63, 3.8) is 0 Å². The summed E-state index contributed by atoms with van der Waals surface area (Å²) in [7, 11) is 3.46. The standard InChI is InChI=1S/C15H21N7O3/c1-11-12(8-18(2)16-11)9-20-4-6-21(7-5-20)15(23)14-13(22(24)25)10-19(3)17-14/h8,10H,4-7,9H2,1-3H3. The quantitative estimate of drug-likeness (QED) is 0.583. The SMILES string of the molecule is Cc1nn(C)cc1CN1CCN(C(=O)c2nn(C)cc2[N+](=O)[O-])CC1. The zero-order chi connectivity index (χ0) is 18.1. The molecule has 0 spiro atoms. The molecule has 0 saturated carbocycles. The molecule has 1 aliphatic heterocycles. The Bertz CT molecular complexity index is 802. The topological polar surface area (TPSA) is 102 Å². The third kappa shape index (κ3) is 3.53. The van der Waals surface area contributed by atoms with Crippen LogP contribution < -0.4 is 0 Å². The Morgan fingerprint density at radius 3 is 2.36 bits per heavy atom. The third-order valence-electron chi connectivity index (χ3n) is 4.38. The lowest BCUT2D eigenvalue weighted by Crippen LogP contribution is -2.48. The highest BCUT2D eigenvalue weighted by Crippen LogP contribution is 2.19. The zero-order valence-electron chi connectivity index (χ0n) is 14.5. The highest BCUT2D eigenvalue weighted by atomic mass is 16.6. The van der Waals surface area contributed by atoms with Gasteiger partial charge >= 0.3 is 5.69 Å². The Balaban J connectivity index is 1.63. The number of rotatable bonds is 4. The van der Waals surface area contributed by atoms with Crippen LogP contribution in [0.2, 0.25) is 0 Å². The fraction of sp³-hybridized carbons (Fsp3) is 0.533. The van der Waals surface area contributed by atoms with Crippen LogP contribution in [-0.4, -0.2) is 66.4 Å². The van der Waals surface area contributed by atoms with Crippen LogP contribution in [0.3, 0.4) is 0 Å². The lowest BCUT2D eigenvalue weighted by molar-refractivity contribution is -0.385. The molecule has 1 aliphatic rings. The van der Waals surface area contributed by atoms with Crippen LogP contribution in [-0.2, 0) is 20.6 Å². The minimum atomic E-state index is -0.568. The summed E-state index contributed by atoms with van der Waals surface area (Å²) < 4.78 is 3.09. The van der Waals surface area contributed by atoms with E-state index < -0.39 is 4.92 Å². The monoisotopic (exact) mass is 347 g/mol. The zero-order valence-corrected chi connectivity index (χ0v) is 14.5. The maximum absolute atomic E-state index is 12.6. The van der Waals surface area contributed by atoms with Gasteiger partial charge in [0, 0.05) is 58.6 Å². The first-order chi connectivity index (χ1) is 11.8. The molecule has 0 atom stereocenters. The maximum Gasteiger partial charge on any atom is 0.320 e. The number of carbonyl (C=O) groups excluding carboxylic acids is 1. The second kappa shape index (κ2) is 6.63. The summed E-state index contributed by atoms with van der Waals surface area (Å²) in [6.07, 6.45) is 3.26. The second-order valence-corrected chi connectivity index (χ2v) is 6.28. The molecule has 1 fully saturated rings. The highest BCUT2D eigenvalue weighted by molar-refractivity contribution is 5.96. The lowest BCUT2D eigenvalue weighted by atomic mass is 10.2. The number of amides is 1. The molecule has 0 aromatic carbocycles. The van der Waals surface area contributed by atoms with Crippen molar-refractivity contribution in [2.75, 3.05) is 26.2 Å². The molecular weight excluding hydrogens is 326 g/mol. The molecule has 0 aliphatic carbocycles. The van der Waals surface area contributed by atoms with Gasteiger partial charge < -0.3 is 4.90 Å². The molecule has 0 unspecified atom stereocenters. The molecule has 3 rings (SSSR count). The number of piperazine rings is 1. The average molecular weight is 347 g/mol. The normalized spacial score (nSPS) is 15.6. The van der Waals surface area contributed by atoms with Crippen LogP contribution in [0, 0.1) is 17.0 Å². The Hall–Kier alpha value is -2.75. The van der Waals surface area contributed by atoms with Gasteiger partial charge in [-0.3, -0.25) is 29.2 Å². The molecule has 1 amide bonds. The van der Waals surface area contributed by atoms with E-state index in [-0.39, 0.29) is 17.3 Å². The van der Waals surface area contributed by atoms with Crippen molar-refractivity contribution in [1.29, 1.82) is 0 Å². The van der Waals surface area contributed by atoms with Gasteiger partial charge in [0.25, 0.3) is 5.91 Å². The van der Waals surface area contributed by atoms with Crippen molar-refractivity contribution >= 4 is 11.6 Å². The average Bonchev–Trinajstić information content (AvgIpc) is 3.10. The van der Waals surface area contributed by atoms with Crippen LogP contribution in [0.1, 0.15) is 21.7 Å². The summed E-state index contributed by atoms with van der Waals surface area (Å²) in [5.41, 5.74) is 1.83. The largest absolute Gasteiger partial charge is 0.334 e. The Labute approximate surface area is 144 Å². The molecule has 0 bridgehead atoms. The summed E-state index contributed by atoms with van der Waals surface area (Å²) in [5, 5.41) is 19.4. The van der Waals surface area contributed by atoms with E-state index >= 15 is 0 Å². The summed E-state index contributed by atoms with van der Waals surface area (Å²) in [5.74, 6) is -0.385. The minimum absolute atomic E-state index is 0.0935. The van der Waals surface area contributed by atoms with Gasteiger partial charge in [0.2, 0.25) is 5.69 Å². The van der Waals surface area contributed by atoms with Gasteiger partial charge in [0.15, 0.2) is 0 Å². The number of aromatic nitrogens is 4. The first kappa shape index (κ1) is 17.1. The lowest BCUT2D eigenvalue weighted by Gasteiger charge is -2.34. The number of aryl methyl sites for hydroxylation is 3. The fourth-order valence-electron chi connectivity index (χ4n) is 3.07. The van der Waals surface area contributed by atoms with E-state index in [4.69, 9.17) is 0 Å². The van der Waals surface area contributed by atoms with Crippen LogP contribution in [0.4, 0.5) is 5.69 Å². The molecule has 3 heterocycles. The molecule has 10 heteroatoms. The molecule has 1 saturated heterocycles. The van der Waals surface area contributed by atoms with Crippen LogP contribution in [0.25, 0.3) is 0 Å². The van der Waals surface area contributed by atoms with Gasteiger partial charge in [-0.15, -0.1) is 0 Å². The highest BCUT2D eigenvalue weighted by Gasteiger charge is 2.30. The summed E-state index contributed by atoms with van der Waals surface area (Å²) in [6.45, 7) is 5.22. The number of hydrogen-bond acceptors (Lipinski definition) is 6. The van der Waals surface area contributed by atoms with E-state index in [9.17, 15) is 14.9 Å². The predicted molar refractivity (Wildman–Crippen MR) is 89.0 cm³/mol. The molecule has 2 aromatic heterocycles. The van der Waals surface area contributed by atoms with E-state index in [0.717, 1.165) is 12.2 Å². The smallest absolute Gasteiger partial charge is 0.320 e. The summed E-state index contributed by atoms with van der Waals surface area (Å²) >= 11 is 0. The Kier molecular flexibility index (Phi) is 4.53. The van der Waals surface area contributed by atoms with E-state index in [0.29, 0.717) is 26.2 Å². The number of nitro groups is 1. The van der Waals surface area contributed by atoms with Gasteiger partial charge in [-0.2, -0.15) is 10.2 Å². The molecule has 25 heavy (non-hydrogen) atoms. The maximum atomic E-state index is 12.6. The summed E-state index contributed by atoms with van der Waals surface area (Å²) in [6, 6.07) is 0. The van der Waals surface area contributed by atoms with E-state index in [1.165, 1.54) is 16.4 Å². The first-order valence-electron chi connectivity index (χ1n) is 8.04. The molecule has 0 N–H and O–H groups in total. The minimum Gasteiger partial charge on any atom is -0.334 e. The first-order valence-corrected chi connectivity index (χ1v) is 8.04. The number of carbonyl (C=O) groups is 1. The van der Waals surface area contributed by atoms with E-state index in [1.54, 1.807) is 16.6 Å². The van der Waals surface area contributed by atoms with Crippen molar-refractivity contribution in [2.45, 2.75) is 13.5 Å². The molecule has 134 valence electrons. The predicted octanol–water partition coefficient (Wildman–Crippen LogP) is 0.328. The molecule has 0 radical (unpaired) electrons. The van der Waals surface area contributed by atoms with Crippen LogP contribution >= 0.6 is 0 Å². The van der Waals surface area contributed by atoms with Crippen LogP contribution in [0.5, 0.6) is 0 Å². The van der Waals surface area contributed by atoms with Crippen molar-refractivity contribution in [2.24, 2.45) is 14.1 Å². The van der Waals surface area contributed by atoms with Crippen LogP contribution in [0.15, 0.2) is 12.4 Å². The second-order valence-electron chi connectivity index (χ2n) is 6.28. The van der Waals surface area contributed by atoms with E-state index in [2.05, 4.69) is 15.1 Å². The molecule has 10 nitrogen and oxygen atoms in total. The van der Waals surface area contributed by atoms with Gasteiger partial charge in [-0.1, -0.05) is 0 Å².